The summed E-state index contributed by atoms with van der Waals surface area (Å²) in [5, 5.41) is 10.4. The van der Waals surface area contributed by atoms with Gasteiger partial charge in [-0.3, -0.25) is 0 Å². The van der Waals surface area contributed by atoms with E-state index in [1.54, 1.807) is 0 Å². The number of hydrogen-bond acceptors (Lipinski definition) is 2. The third kappa shape index (κ3) is 1.69. The molecule has 76 valence electrons. The summed E-state index contributed by atoms with van der Waals surface area (Å²) in [4.78, 5) is 0. The van der Waals surface area contributed by atoms with E-state index in [2.05, 4.69) is 32.0 Å². The SMILES string of the molecule is CCc1ccc2c(c1)C(O)C(C)SC2. The molecule has 0 amide bonds. The first-order valence-electron chi connectivity index (χ1n) is 5.13. The zero-order valence-electron chi connectivity index (χ0n) is 8.66. The van der Waals surface area contributed by atoms with Gasteiger partial charge in [-0.1, -0.05) is 32.0 Å². The Morgan fingerprint density at radius 2 is 2.29 bits per heavy atom. The van der Waals surface area contributed by atoms with Crippen LogP contribution in [0.3, 0.4) is 0 Å². The minimum Gasteiger partial charge on any atom is -0.387 e. The standard InChI is InChI=1S/C12H16OS/c1-3-9-4-5-10-7-14-8(2)12(13)11(10)6-9/h4-6,8,12-13H,3,7H2,1-2H3. The van der Waals surface area contributed by atoms with Crippen molar-refractivity contribution in [1.29, 1.82) is 0 Å². The number of benzene rings is 1. The van der Waals surface area contributed by atoms with Gasteiger partial charge in [0.1, 0.15) is 0 Å². The second kappa shape index (κ2) is 3.95. The van der Waals surface area contributed by atoms with Crippen LogP contribution < -0.4 is 0 Å². The van der Waals surface area contributed by atoms with Gasteiger partial charge in [0.05, 0.1) is 6.10 Å². The van der Waals surface area contributed by atoms with Crippen molar-refractivity contribution in [2.24, 2.45) is 0 Å². The Morgan fingerprint density at radius 3 is 3.00 bits per heavy atom. The maximum Gasteiger partial charge on any atom is 0.0909 e. The molecule has 1 aromatic rings. The molecule has 1 heterocycles. The third-order valence-corrected chi connectivity index (χ3v) is 4.14. The normalized spacial score (nSPS) is 25.9. The van der Waals surface area contributed by atoms with Crippen molar-refractivity contribution < 1.29 is 5.11 Å². The number of aliphatic hydroxyl groups is 1. The van der Waals surface area contributed by atoms with Crippen LogP contribution in [0.25, 0.3) is 0 Å². The Morgan fingerprint density at radius 1 is 1.50 bits per heavy atom. The molecule has 0 aliphatic carbocycles. The van der Waals surface area contributed by atoms with Gasteiger partial charge in [0, 0.05) is 11.0 Å². The van der Waals surface area contributed by atoms with E-state index < -0.39 is 0 Å². The van der Waals surface area contributed by atoms with Crippen molar-refractivity contribution in [2.45, 2.75) is 37.4 Å². The van der Waals surface area contributed by atoms with Gasteiger partial charge in [0.2, 0.25) is 0 Å². The summed E-state index contributed by atoms with van der Waals surface area (Å²) in [5.74, 6) is 1.04. The predicted octanol–water partition coefficient (Wildman–Crippen LogP) is 2.92. The van der Waals surface area contributed by atoms with E-state index in [9.17, 15) is 5.11 Å². The molecular formula is C12H16OS. The first-order valence-corrected chi connectivity index (χ1v) is 6.18. The molecule has 1 N–H and O–H groups in total. The second-order valence-electron chi connectivity index (χ2n) is 3.85. The fourth-order valence-corrected chi connectivity index (χ4v) is 2.87. The first kappa shape index (κ1) is 10.1. The minimum atomic E-state index is -0.282. The van der Waals surface area contributed by atoms with E-state index >= 15 is 0 Å². The van der Waals surface area contributed by atoms with E-state index in [4.69, 9.17) is 0 Å². The maximum absolute atomic E-state index is 10.0. The molecule has 1 aliphatic rings. The van der Waals surface area contributed by atoms with Crippen LogP contribution in [-0.2, 0) is 12.2 Å². The molecule has 0 spiro atoms. The molecule has 2 unspecified atom stereocenters. The molecule has 0 fully saturated rings. The van der Waals surface area contributed by atoms with Crippen LogP contribution in [0.1, 0.15) is 36.6 Å². The highest BCUT2D eigenvalue weighted by molar-refractivity contribution is 7.99. The number of aliphatic hydroxyl groups excluding tert-OH is 1. The molecule has 14 heavy (non-hydrogen) atoms. The zero-order chi connectivity index (χ0) is 10.1. The monoisotopic (exact) mass is 208 g/mol. The lowest BCUT2D eigenvalue weighted by atomic mass is 9.97. The van der Waals surface area contributed by atoms with Crippen LogP contribution in [0.15, 0.2) is 18.2 Å². The average Bonchev–Trinajstić information content (AvgIpc) is 2.23. The largest absolute Gasteiger partial charge is 0.387 e. The van der Waals surface area contributed by atoms with Gasteiger partial charge in [-0.05, 0) is 23.1 Å². The molecular weight excluding hydrogens is 192 g/mol. The topological polar surface area (TPSA) is 20.2 Å². The highest BCUT2D eigenvalue weighted by atomic mass is 32.2. The number of thioether (sulfide) groups is 1. The number of hydrogen-bond donors (Lipinski definition) is 1. The molecule has 0 aromatic heterocycles. The summed E-state index contributed by atoms with van der Waals surface area (Å²) in [6.45, 7) is 4.24. The quantitative estimate of drug-likeness (QED) is 0.765. The average molecular weight is 208 g/mol. The van der Waals surface area contributed by atoms with Crippen LogP contribution in [-0.4, -0.2) is 10.4 Å². The lowest BCUT2D eigenvalue weighted by Crippen LogP contribution is -2.18. The molecule has 0 saturated carbocycles. The van der Waals surface area contributed by atoms with Crippen molar-refractivity contribution in [1.82, 2.24) is 0 Å². The molecule has 2 rings (SSSR count). The molecule has 1 nitrogen and oxygen atoms in total. The maximum atomic E-state index is 10.0. The second-order valence-corrected chi connectivity index (χ2v) is 5.21. The fraction of sp³-hybridized carbons (Fsp3) is 0.500. The van der Waals surface area contributed by atoms with Crippen LogP contribution >= 0.6 is 11.8 Å². The molecule has 1 aromatic carbocycles. The van der Waals surface area contributed by atoms with E-state index in [0.29, 0.717) is 5.25 Å². The third-order valence-electron chi connectivity index (χ3n) is 2.88. The van der Waals surface area contributed by atoms with Gasteiger partial charge >= 0.3 is 0 Å². The van der Waals surface area contributed by atoms with Crippen molar-refractivity contribution in [3.05, 3.63) is 34.9 Å². The molecule has 2 atom stereocenters. The number of aryl methyl sites for hydroxylation is 1. The molecule has 2 heteroatoms. The van der Waals surface area contributed by atoms with Gasteiger partial charge in [-0.2, -0.15) is 11.8 Å². The van der Waals surface area contributed by atoms with Crippen molar-refractivity contribution in [3.63, 3.8) is 0 Å². The molecule has 1 aliphatic heterocycles. The molecule has 0 saturated heterocycles. The predicted molar refractivity (Wildman–Crippen MR) is 61.5 cm³/mol. The minimum absolute atomic E-state index is 0.282. The van der Waals surface area contributed by atoms with Gasteiger partial charge in [-0.25, -0.2) is 0 Å². The summed E-state index contributed by atoms with van der Waals surface area (Å²) in [6, 6.07) is 6.49. The molecule has 0 radical (unpaired) electrons. The number of fused-ring (bicyclic) bond motifs is 1. The van der Waals surface area contributed by atoms with Crippen LogP contribution in [0.4, 0.5) is 0 Å². The Labute approximate surface area is 89.5 Å². The van der Waals surface area contributed by atoms with Crippen molar-refractivity contribution in [3.8, 4) is 0 Å². The first-order chi connectivity index (χ1) is 6.72. The molecule has 0 bridgehead atoms. The van der Waals surface area contributed by atoms with Crippen LogP contribution in [0, 0.1) is 0 Å². The summed E-state index contributed by atoms with van der Waals surface area (Å²) in [7, 11) is 0. The summed E-state index contributed by atoms with van der Waals surface area (Å²) in [5.41, 5.74) is 3.77. The van der Waals surface area contributed by atoms with Gasteiger partial charge in [0.15, 0.2) is 0 Å². The summed E-state index contributed by atoms with van der Waals surface area (Å²) in [6.07, 6.45) is 0.761. The van der Waals surface area contributed by atoms with Gasteiger partial charge < -0.3 is 5.11 Å². The van der Waals surface area contributed by atoms with Crippen molar-refractivity contribution >= 4 is 11.8 Å². The smallest absolute Gasteiger partial charge is 0.0909 e. The summed E-state index contributed by atoms with van der Waals surface area (Å²) >= 11 is 1.83. The number of rotatable bonds is 1. The van der Waals surface area contributed by atoms with Crippen LogP contribution in [0.5, 0.6) is 0 Å². The highest BCUT2D eigenvalue weighted by Gasteiger charge is 2.24. The van der Waals surface area contributed by atoms with Crippen molar-refractivity contribution in [2.75, 3.05) is 0 Å². The lowest BCUT2D eigenvalue weighted by Gasteiger charge is -2.27. The van der Waals surface area contributed by atoms with E-state index in [-0.39, 0.29) is 6.10 Å². The zero-order valence-corrected chi connectivity index (χ0v) is 9.47. The van der Waals surface area contributed by atoms with Gasteiger partial charge in [0.25, 0.3) is 0 Å². The lowest BCUT2D eigenvalue weighted by molar-refractivity contribution is 0.177. The summed E-state index contributed by atoms with van der Waals surface area (Å²) < 4.78 is 0. The Balaban J connectivity index is 2.41. The van der Waals surface area contributed by atoms with E-state index in [1.807, 2.05) is 11.8 Å². The van der Waals surface area contributed by atoms with E-state index in [0.717, 1.165) is 17.7 Å². The highest BCUT2D eigenvalue weighted by Crippen LogP contribution is 2.37. The van der Waals surface area contributed by atoms with Crippen LogP contribution in [0.2, 0.25) is 0 Å². The van der Waals surface area contributed by atoms with Gasteiger partial charge in [-0.15, -0.1) is 0 Å². The van der Waals surface area contributed by atoms with E-state index in [1.165, 1.54) is 11.1 Å². The Bertz CT molecular complexity index is 335. The fourth-order valence-electron chi connectivity index (χ4n) is 1.84. The Kier molecular flexibility index (Phi) is 2.84. The Hall–Kier alpha value is -0.470.